The first-order chi connectivity index (χ1) is 8.24. The van der Waals surface area contributed by atoms with Crippen molar-refractivity contribution >= 4 is 17.5 Å². The fraction of sp³-hybridized carbons (Fsp3) is 0.286. The normalized spacial score (nSPS) is 11.4. The van der Waals surface area contributed by atoms with Crippen molar-refractivity contribution in [2.45, 2.75) is 17.8 Å². The molecule has 10 heteroatoms. The molecule has 3 heterocycles. The zero-order chi connectivity index (χ0) is 11.8. The summed E-state index contributed by atoms with van der Waals surface area (Å²) in [5.41, 5.74) is 0. The van der Waals surface area contributed by atoms with E-state index in [1.54, 1.807) is 11.4 Å². The molecule has 9 nitrogen and oxygen atoms in total. The molecule has 0 aromatic carbocycles. The van der Waals surface area contributed by atoms with Crippen molar-refractivity contribution in [3.8, 4) is 0 Å². The van der Waals surface area contributed by atoms with Crippen LogP contribution < -0.4 is 5.84 Å². The van der Waals surface area contributed by atoms with E-state index in [0.29, 0.717) is 28.5 Å². The van der Waals surface area contributed by atoms with Gasteiger partial charge in [0.05, 0.1) is 5.75 Å². The molecule has 0 atom stereocenters. The number of hydrogen-bond donors (Lipinski definition) is 1. The van der Waals surface area contributed by atoms with Crippen LogP contribution in [0.2, 0.25) is 0 Å². The minimum absolute atomic E-state index is 0.481. The third-order valence-electron chi connectivity index (χ3n) is 2.01. The second kappa shape index (κ2) is 3.73. The van der Waals surface area contributed by atoms with E-state index in [1.165, 1.54) is 22.8 Å². The molecule has 0 saturated heterocycles. The van der Waals surface area contributed by atoms with Gasteiger partial charge in [0.2, 0.25) is 16.9 Å². The van der Waals surface area contributed by atoms with Crippen molar-refractivity contribution in [2.24, 2.45) is 0 Å². The minimum atomic E-state index is 0.481. The third-order valence-corrected chi connectivity index (χ3v) is 2.91. The molecule has 0 saturated carbocycles. The number of thioether (sulfide) groups is 1. The maximum absolute atomic E-state index is 5.58. The first kappa shape index (κ1) is 10.1. The van der Waals surface area contributed by atoms with Gasteiger partial charge < -0.3 is 10.3 Å². The third kappa shape index (κ3) is 1.71. The van der Waals surface area contributed by atoms with Gasteiger partial charge in [-0.05, 0) is 0 Å². The molecule has 3 aromatic heterocycles. The lowest BCUT2D eigenvalue weighted by molar-refractivity contribution is 0.485. The van der Waals surface area contributed by atoms with Gasteiger partial charge in [-0.2, -0.15) is 9.61 Å². The second-order valence-corrected chi connectivity index (χ2v) is 4.18. The highest BCUT2D eigenvalue weighted by Gasteiger charge is 2.12. The molecule has 3 aromatic rings. The summed E-state index contributed by atoms with van der Waals surface area (Å²) in [5, 5.41) is 20.1. The highest BCUT2D eigenvalue weighted by Crippen LogP contribution is 2.19. The summed E-state index contributed by atoms with van der Waals surface area (Å²) in [4.78, 5) is 0. The monoisotopic (exact) mass is 252 g/mol. The lowest BCUT2D eigenvalue weighted by Crippen LogP contribution is -2.06. The van der Waals surface area contributed by atoms with Gasteiger partial charge >= 0.3 is 0 Å². The Morgan fingerprint density at radius 2 is 2.24 bits per heavy atom. The lowest BCUT2D eigenvalue weighted by Gasteiger charge is -1.91. The van der Waals surface area contributed by atoms with Crippen LogP contribution in [0.5, 0.6) is 0 Å². The molecule has 0 aliphatic rings. The topological polar surface area (TPSA) is 113 Å². The smallest absolute Gasteiger partial charge is 0.273 e. The van der Waals surface area contributed by atoms with Crippen LogP contribution in [0.3, 0.4) is 0 Å². The van der Waals surface area contributed by atoms with Crippen molar-refractivity contribution in [1.29, 1.82) is 0 Å². The maximum Gasteiger partial charge on any atom is 0.273 e. The predicted octanol–water partition coefficient (Wildman–Crippen LogP) is -0.377. The standard InChI is InChI=1S/C7H8N8OS/c1-4-10-11-5(16-4)2-17-7-13-12-6-14(8)3-9-15(6)7/h3H,2,8H2,1H3. The summed E-state index contributed by atoms with van der Waals surface area (Å²) in [5.74, 6) is 7.65. The molecule has 0 unspecified atom stereocenters. The van der Waals surface area contributed by atoms with Crippen LogP contribution in [0.25, 0.3) is 5.78 Å². The number of nitrogens with two attached hydrogens (primary N) is 1. The maximum atomic E-state index is 5.58. The van der Waals surface area contributed by atoms with Gasteiger partial charge in [0.1, 0.15) is 6.33 Å². The lowest BCUT2D eigenvalue weighted by atomic mass is 10.8. The Bertz CT molecular complexity index is 654. The Balaban J connectivity index is 1.81. The molecule has 0 spiro atoms. The van der Waals surface area contributed by atoms with E-state index in [-0.39, 0.29) is 0 Å². The van der Waals surface area contributed by atoms with Gasteiger partial charge in [-0.15, -0.1) is 20.4 Å². The van der Waals surface area contributed by atoms with Gasteiger partial charge in [0.15, 0.2) is 0 Å². The van der Waals surface area contributed by atoms with Crippen LogP contribution in [-0.2, 0) is 5.75 Å². The summed E-state index contributed by atoms with van der Waals surface area (Å²) < 4.78 is 8.10. The van der Waals surface area contributed by atoms with Gasteiger partial charge in [-0.25, -0.2) is 4.68 Å². The summed E-state index contributed by atoms with van der Waals surface area (Å²) in [6.07, 6.45) is 1.46. The molecule has 3 rings (SSSR count). The number of aryl methyl sites for hydroxylation is 1. The summed E-state index contributed by atoms with van der Waals surface area (Å²) in [6, 6.07) is 0. The number of rotatable bonds is 3. The van der Waals surface area contributed by atoms with E-state index in [9.17, 15) is 0 Å². The van der Waals surface area contributed by atoms with Crippen molar-refractivity contribution < 1.29 is 4.42 Å². The van der Waals surface area contributed by atoms with Crippen LogP contribution in [0, 0.1) is 6.92 Å². The van der Waals surface area contributed by atoms with E-state index >= 15 is 0 Å². The zero-order valence-electron chi connectivity index (χ0n) is 8.81. The molecule has 17 heavy (non-hydrogen) atoms. The number of nitrogen functional groups attached to an aromatic ring is 1. The molecule has 0 aliphatic carbocycles. The molecule has 0 fully saturated rings. The molecule has 88 valence electrons. The highest BCUT2D eigenvalue weighted by atomic mass is 32.2. The summed E-state index contributed by atoms with van der Waals surface area (Å²) >= 11 is 1.40. The van der Waals surface area contributed by atoms with Gasteiger partial charge in [0, 0.05) is 6.92 Å². The first-order valence-electron chi connectivity index (χ1n) is 4.69. The molecular weight excluding hydrogens is 244 g/mol. The van der Waals surface area contributed by atoms with E-state index in [0.717, 1.165) is 0 Å². The average molecular weight is 252 g/mol. The molecule has 0 radical (unpaired) electrons. The minimum Gasteiger partial charge on any atom is -0.425 e. The van der Waals surface area contributed by atoms with Crippen molar-refractivity contribution in [3.63, 3.8) is 0 Å². The molecular formula is C7H8N8OS. The fourth-order valence-electron chi connectivity index (χ4n) is 1.29. The molecule has 2 N–H and O–H groups in total. The Morgan fingerprint density at radius 3 is 3.00 bits per heavy atom. The highest BCUT2D eigenvalue weighted by molar-refractivity contribution is 7.98. The predicted molar refractivity (Wildman–Crippen MR) is 57.5 cm³/mol. The molecule has 0 aliphatic heterocycles. The second-order valence-electron chi connectivity index (χ2n) is 3.24. The molecule has 0 bridgehead atoms. The van der Waals surface area contributed by atoms with E-state index in [4.69, 9.17) is 10.3 Å². The average Bonchev–Trinajstić information content (AvgIpc) is 2.96. The van der Waals surface area contributed by atoms with Crippen molar-refractivity contribution in [1.82, 2.24) is 34.7 Å². The van der Waals surface area contributed by atoms with Gasteiger partial charge in [0.25, 0.3) is 5.78 Å². The first-order valence-corrected chi connectivity index (χ1v) is 5.68. The van der Waals surface area contributed by atoms with E-state index < -0.39 is 0 Å². The Kier molecular flexibility index (Phi) is 2.21. The summed E-state index contributed by atoms with van der Waals surface area (Å²) in [6.45, 7) is 1.74. The Morgan fingerprint density at radius 1 is 1.35 bits per heavy atom. The quantitative estimate of drug-likeness (QED) is 0.496. The number of aromatic nitrogens is 7. The van der Waals surface area contributed by atoms with E-state index in [2.05, 4.69) is 25.5 Å². The van der Waals surface area contributed by atoms with Gasteiger partial charge in [-0.1, -0.05) is 11.8 Å². The number of fused-ring (bicyclic) bond motifs is 1. The largest absolute Gasteiger partial charge is 0.425 e. The van der Waals surface area contributed by atoms with Crippen LogP contribution >= 0.6 is 11.8 Å². The zero-order valence-corrected chi connectivity index (χ0v) is 9.63. The summed E-state index contributed by atoms with van der Waals surface area (Å²) in [7, 11) is 0. The number of nitrogens with zero attached hydrogens (tertiary/aromatic N) is 7. The van der Waals surface area contributed by atoms with E-state index in [1.807, 2.05) is 0 Å². The SMILES string of the molecule is Cc1nnc(CSc2nnc3n(N)cnn23)o1. The van der Waals surface area contributed by atoms with Crippen molar-refractivity contribution in [3.05, 3.63) is 18.1 Å². The van der Waals surface area contributed by atoms with Crippen LogP contribution in [0.15, 0.2) is 15.9 Å². The van der Waals surface area contributed by atoms with Crippen molar-refractivity contribution in [2.75, 3.05) is 5.84 Å². The Hall–Kier alpha value is -2.10. The Labute approximate surface area is 99.0 Å². The number of hydrogen-bond acceptors (Lipinski definition) is 8. The van der Waals surface area contributed by atoms with Crippen LogP contribution in [-0.4, -0.2) is 34.7 Å². The fourth-order valence-corrected chi connectivity index (χ4v) is 2.01. The molecule has 0 amide bonds. The van der Waals surface area contributed by atoms with Gasteiger partial charge in [-0.3, -0.25) is 0 Å². The van der Waals surface area contributed by atoms with Crippen LogP contribution in [0.1, 0.15) is 11.8 Å². The van der Waals surface area contributed by atoms with Crippen LogP contribution in [0.4, 0.5) is 0 Å².